The van der Waals surface area contributed by atoms with Gasteiger partial charge >= 0.3 is 0 Å². The van der Waals surface area contributed by atoms with Gasteiger partial charge in [0.2, 0.25) is 11.8 Å². The zero-order valence-corrected chi connectivity index (χ0v) is 17.9. The number of nitrogens with zero attached hydrogens (tertiary/aromatic N) is 2. The lowest BCUT2D eigenvalue weighted by Crippen LogP contribution is -2.44. The summed E-state index contributed by atoms with van der Waals surface area (Å²) in [5.41, 5.74) is 1.05. The first kappa shape index (κ1) is 20.4. The molecular weight excluding hydrogens is 396 g/mol. The normalized spacial score (nSPS) is 13.2. The first-order valence-corrected chi connectivity index (χ1v) is 11.2. The van der Waals surface area contributed by atoms with Crippen molar-refractivity contribution in [3.8, 4) is 0 Å². The van der Waals surface area contributed by atoms with Crippen LogP contribution < -0.4 is 0 Å². The number of carbonyl (C=O) groups excluding carboxylic acids is 2. The van der Waals surface area contributed by atoms with Crippen LogP contribution in [0.5, 0.6) is 0 Å². The molecule has 30 heavy (non-hydrogen) atoms. The number of benzene rings is 1. The van der Waals surface area contributed by atoms with Crippen LogP contribution in [0.4, 0.5) is 0 Å². The quantitative estimate of drug-likeness (QED) is 0.513. The molecule has 6 heteroatoms. The number of carbonyl (C=O) groups is 2. The smallest absolute Gasteiger partial charge is 0.242 e. The molecule has 0 atom stereocenters. The highest BCUT2D eigenvalue weighted by Gasteiger charge is 2.34. The van der Waals surface area contributed by atoms with E-state index in [2.05, 4.69) is 0 Å². The maximum atomic E-state index is 13.3. The molecule has 0 bridgehead atoms. The number of rotatable bonds is 9. The van der Waals surface area contributed by atoms with Crippen molar-refractivity contribution in [3.63, 3.8) is 0 Å². The van der Waals surface area contributed by atoms with E-state index in [9.17, 15) is 9.59 Å². The molecule has 2 amide bonds. The van der Waals surface area contributed by atoms with Gasteiger partial charge in [0.1, 0.15) is 18.1 Å². The van der Waals surface area contributed by atoms with Crippen molar-refractivity contribution in [2.75, 3.05) is 6.54 Å². The zero-order chi connectivity index (χ0) is 20.9. The number of hydrogen-bond acceptors (Lipinski definition) is 4. The summed E-state index contributed by atoms with van der Waals surface area (Å²) in [4.78, 5) is 30.8. The van der Waals surface area contributed by atoms with E-state index in [0.29, 0.717) is 19.5 Å². The van der Waals surface area contributed by atoms with E-state index in [1.807, 2.05) is 66.9 Å². The monoisotopic (exact) mass is 422 g/mol. The van der Waals surface area contributed by atoms with Crippen LogP contribution in [0.2, 0.25) is 0 Å². The fraction of sp³-hybridized carbons (Fsp3) is 0.333. The van der Waals surface area contributed by atoms with Crippen molar-refractivity contribution in [1.29, 1.82) is 0 Å². The fourth-order valence-electron chi connectivity index (χ4n) is 3.51. The van der Waals surface area contributed by atoms with Crippen LogP contribution >= 0.6 is 11.3 Å². The molecule has 1 fully saturated rings. The minimum absolute atomic E-state index is 0.0294. The first-order chi connectivity index (χ1) is 14.6. The van der Waals surface area contributed by atoms with Crippen LogP contribution in [0.15, 0.2) is 64.4 Å². The molecule has 156 valence electrons. The summed E-state index contributed by atoms with van der Waals surface area (Å²) in [6, 6.07) is 17.8. The Morgan fingerprint density at radius 2 is 1.80 bits per heavy atom. The van der Waals surface area contributed by atoms with Crippen molar-refractivity contribution < 1.29 is 14.0 Å². The Morgan fingerprint density at radius 3 is 2.43 bits per heavy atom. The highest BCUT2D eigenvalue weighted by Crippen LogP contribution is 2.28. The SMILES string of the molecule is Cc1ccc(CN(Cc2ccccc2)C(=O)CN(C(=O)Cc2cccs2)C2CC2)o1. The summed E-state index contributed by atoms with van der Waals surface area (Å²) in [5.74, 6) is 1.55. The maximum absolute atomic E-state index is 13.3. The Hall–Kier alpha value is -2.86. The molecule has 0 aliphatic heterocycles. The third-order valence-corrected chi connectivity index (χ3v) is 6.11. The molecule has 0 saturated heterocycles. The zero-order valence-electron chi connectivity index (χ0n) is 17.1. The van der Waals surface area contributed by atoms with Crippen LogP contribution in [-0.4, -0.2) is 34.2 Å². The van der Waals surface area contributed by atoms with Gasteiger partial charge in [-0.2, -0.15) is 0 Å². The third-order valence-electron chi connectivity index (χ3n) is 5.23. The summed E-state index contributed by atoms with van der Waals surface area (Å²) in [6.45, 7) is 2.88. The van der Waals surface area contributed by atoms with Gasteiger partial charge in [-0.15, -0.1) is 11.3 Å². The Kier molecular flexibility index (Phi) is 6.33. The van der Waals surface area contributed by atoms with E-state index in [1.54, 1.807) is 21.1 Å². The molecule has 5 nitrogen and oxygen atoms in total. The number of hydrogen-bond donors (Lipinski definition) is 0. The van der Waals surface area contributed by atoms with Crippen molar-refractivity contribution in [2.24, 2.45) is 0 Å². The average molecular weight is 423 g/mol. The topological polar surface area (TPSA) is 53.8 Å². The average Bonchev–Trinajstić information content (AvgIpc) is 3.30. The lowest BCUT2D eigenvalue weighted by atomic mass is 10.2. The molecule has 1 aromatic carbocycles. The van der Waals surface area contributed by atoms with Crippen molar-refractivity contribution in [2.45, 2.75) is 45.3 Å². The minimum Gasteiger partial charge on any atom is -0.464 e. The van der Waals surface area contributed by atoms with Crippen LogP contribution in [0.1, 0.15) is 34.8 Å². The Labute approximate surface area is 180 Å². The molecule has 1 aliphatic rings. The third kappa shape index (κ3) is 5.39. The molecule has 0 radical (unpaired) electrons. The largest absolute Gasteiger partial charge is 0.464 e. The number of furan rings is 1. The molecule has 1 aliphatic carbocycles. The first-order valence-electron chi connectivity index (χ1n) is 10.3. The van der Waals surface area contributed by atoms with Gasteiger partial charge in [-0.05, 0) is 48.9 Å². The van der Waals surface area contributed by atoms with Gasteiger partial charge in [0.05, 0.1) is 13.0 Å². The fourth-order valence-corrected chi connectivity index (χ4v) is 4.21. The summed E-state index contributed by atoms with van der Waals surface area (Å²) < 4.78 is 5.71. The molecular formula is C24H26N2O3S. The molecule has 1 saturated carbocycles. The predicted octanol–water partition coefficient (Wildman–Crippen LogP) is 4.41. The van der Waals surface area contributed by atoms with Gasteiger partial charge in [0.25, 0.3) is 0 Å². The van der Waals surface area contributed by atoms with Gasteiger partial charge in [0, 0.05) is 17.5 Å². The van der Waals surface area contributed by atoms with Crippen molar-refractivity contribution in [3.05, 3.63) is 81.9 Å². The molecule has 2 aromatic heterocycles. The van der Waals surface area contributed by atoms with E-state index < -0.39 is 0 Å². The predicted molar refractivity (Wildman–Crippen MR) is 117 cm³/mol. The maximum Gasteiger partial charge on any atom is 0.242 e. The molecule has 0 unspecified atom stereocenters. The van der Waals surface area contributed by atoms with E-state index in [4.69, 9.17) is 4.42 Å². The van der Waals surface area contributed by atoms with Crippen LogP contribution in [0.25, 0.3) is 0 Å². The second-order valence-corrected chi connectivity index (χ2v) is 8.79. The van der Waals surface area contributed by atoms with Gasteiger partial charge in [-0.1, -0.05) is 36.4 Å². The number of thiophene rings is 1. The summed E-state index contributed by atoms with van der Waals surface area (Å²) in [6.07, 6.45) is 2.30. The molecule has 0 N–H and O–H groups in total. The molecule has 2 heterocycles. The van der Waals surface area contributed by atoms with Crippen LogP contribution in [0, 0.1) is 6.92 Å². The second kappa shape index (κ2) is 9.30. The Morgan fingerprint density at radius 1 is 1.00 bits per heavy atom. The molecule has 3 aromatic rings. The van der Waals surface area contributed by atoms with E-state index in [1.165, 1.54) is 0 Å². The van der Waals surface area contributed by atoms with Gasteiger partial charge < -0.3 is 14.2 Å². The van der Waals surface area contributed by atoms with E-state index in [-0.39, 0.29) is 24.4 Å². The summed E-state index contributed by atoms with van der Waals surface area (Å²) in [5, 5.41) is 1.97. The summed E-state index contributed by atoms with van der Waals surface area (Å²) >= 11 is 1.58. The van der Waals surface area contributed by atoms with E-state index >= 15 is 0 Å². The van der Waals surface area contributed by atoms with E-state index in [0.717, 1.165) is 34.8 Å². The van der Waals surface area contributed by atoms with Gasteiger partial charge in [0.15, 0.2) is 0 Å². The van der Waals surface area contributed by atoms with Crippen molar-refractivity contribution >= 4 is 23.2 Å². The lowest BCUT2D eigenvalue weighted by Gasteiger charge is -2.27. The number of aryl methyl sites for hydroxylation is 1. The second-order valence-electron chi connectivity index (χ2n) is 7.76. The summed E-state index contributed by atoms with van der Waals surface area (Å²) in [7, 11) is 0. The molecule has 0 spiro atoms. The lowest BCUT2D eigenvalue weighted by molar-refractivity contribution is -0.141. The van der Waals surface area contributed by atoms with Gasteiger partial charge in [-0.25, -0.2) is 0 Å². The Bertz CT molecular complexity index is 977. The van der Waals surface area contributed by atoms with Gasteiger partial charge in [-0.3, -0.25) is 9.59 Å². The Balaban J connectivity index is 1.48. The molecule has 4 rings (SSSR count). The number of amides is 2. The van der Waals surface area contributed by atoms with Crippen molar-refractivity contribution in [1.82, 2.24) is 9.80 Å². The highest BCUT2D eigenvalue weighted by atomic mass is 32.1. The van der Waals surface area contributed by atoms with Crippen LogP contribution in [0.3, 0.4) is 0 Å². The standard InChI is InChI=1S/C24H26N2O3S/c1-18-9-12-21(29-18)16-25(15-19-6-3-2-4-7-19)24(28)17-26(20-10-11-20)23(27)14-22-8-5-13-30-22/h2-9,12-13,20H,10-11,14-17H2,1H3. The highest BCUT2D eigenvalue weighted by molar-refractivity contribution is 7.10. The minimum atomic E-state index is -0.0562. The van der Waals surface area contributed by atoms with Crippen LogP contribution in [-0.2, 0) is 29.1 Å².